The molecule has 2 heteroatoms. The van der Waals surface area contributed by atoms with Crippen LogP contribution in [0.5, 0.6) is 5.75 Å². The van der Waals surface area contributed by atoms with Crippen molar-refractivity contribution in [3.63, 3.8) is 0 Å². The number of hydrogen-bond acceptors (Lipinski definition) is 2. The highest BCUT2D eigenvalue weighted by Crippen LogP contribution is 2.65. The minimum atomic E-state index is 0.284. The van der Waals surface area contributed by atoms with Gasteiger partial charge in [0.25, 0.3) is 0 Å². The highest BCUT2D eigenvalue weighted by Gasteiger charge is 2.56. The summed E-state index contributed by atoms with van der Waals surface area (Å²) in [6.07, 6.45) is 10.3. The predicted molar refractivity (Wildman–Crippen MR) is 98.8 cm³/mol. The molecule has 1 unspecified atom stereocenters. The van der Waals surface area contributed by atoms with Gasteiger partial charge in [0.2, 0.25) is 0 Å². The number of hydrogen-bond donors (Lipinski definition) is 0. The number of rotatable bonds is 1. The van der Waals surface area contributed by atoms with E-state index in [1.165, 1.54) is 43.2 Å². The van der Waals surface area contributed by atoms with Crippen LogP contribution in [-0.4, -0.2) is 12.9 Å². The van der Waals surface area contributed by atoms with Gasteiger partial charge in [-0.2, -0.15) is 0 Å². The number of carbonyl (C=O) groups is 1. The van der Waals surface area contributed by atoms with E-state index in [0.717, 1.165) is 30.4 Å². The summed E-state index contributed by atoms with van der Waals surface area (Å²) < 4.78 is 5.44. The lowest BCUT2D eigenvalue weighted by molar-refractivity contribution is -0.115. The fourth-order valence-corrected chi connectivity index (χ4v) is 6.82. The number of benzene rings is 1. The molecule has 2 nitrogen and oxygen atoms in total. The maximum absolute atomic E-state index is 12.0. The molecular formula is C23H28O2. The summed E-state index contributed by atoms with van der Waals surface area (Å²) in [5, 5.41) is 0. The van der Waals surface area contributed by atoms with E-state index >= 15 is 0 Å². The van der Waals surface area contributed by atoms with Crippen molar-refractivity contribution in [1.82, 2.24) is 0 Å². The van der Waals surface area contributed by atoms with Crippen molar-refractivity contribution in [3.8, 4) is 5.75 Å². The quantitative estimate of drug-likeness (QED) is 0.716. The molecule has 0 aromatic heterocycles. The Morgan fingerprint density at radius 2 is 2.04 bits per heavy atom. The van der Waals surface area contributed by atoms with Crippen molar-refractivity contribution >= 4 is 5.78 Å². The number of aryl methyl sites for hydroxylation is 1. The van der Waals surface area contributed by atoms with E-state index in [1.807, 2.05) is 0 Å². The van der Waals surface area contributed by atoms with Gasteiger partial charge in [-0.25, -0.2) is 0 Å². The number of allylic oxidation sites excluding steroid dienone is 2. The number of carbonyl (C=O) groups excluding carboxylic acids is 1. The van der Waals surface area contributed by atoms with Gasteiger partial charge in [-0.05, 0) is 96.9 Å². The van der Waals surface area contributed by atoms with Crippen molar-refractivity contribution in [1.29, 1.82) is 0 Å². The third kappa shape index (κ3) is 2.19. The van der Waals surface area contributed by atoms with Gasteiger partial charge in [0.05, 0.1) is 7.11 Å². The van der Waals surface area contributed by atoms with Crippen molar-refractivity contribution < 1.29 is 9.53 Å². The van der Waals surface area contributed by atoms with Crippen molar-refractivity contribution in [3.05, 3.63) is 41.0 Å². The third-order valence-corrected chi connectivity index (χ3v) is 8.02. The Bertz CT molecular complexity index is 761. The van der Waals surface area contributed by atoms with Gasteiger partial charge >= 0.3 is 0 Å². The lowest BCUT2D eigenvalue weighted by Crippen LogP contribution is -2.40. The first-order chi connectivity index (χ1) is 12.1. The molecule has 4 aliphatic rings. The second-order valence-electron chi connectivity index (χ2n) is 8.97. The second-order valence-corrected chi connectivity index (χ2v) is 8.97. The average Bonchev–Trinajstić information content (AvgIpc) is 2.93. The summed E-state index contributed by atoms with van der Waals surface area (Å²) >= 11 is 0. The molecule has 2 fully saturated rings. The molecule has 25 heavy (non-hydrogen) atoms. The van der Waals surface area contributed by atoms with Crippen molar-refractivity contribution in [2.45, 2.75) is 57.8 Å². The van der Waals surface area contributed by atoms with Gasteiger partial charge in [-0.3, -0.25) is 4.79 Å². The maximum atomic E-state index is 12.0. The molecule has 0 saturated heterocycles. The lowest BCUT2D eigenvalue weighted by Gasteiger charge is -2.49. The molecule has 5 atom stereocenters. The zero-order valence-corrected chi connectivity index (χ0v) is 15.4. The average molecular weight is 336 g/mol. The molecule has 2 saturated carbocycles. The van der Waals surface area contributed by atoms with Crippen LogP contribution in [0.4, 0.5) is 0 Å². The van der Waals surface area contributed by atoms with Crippen LogP contribution in [0.2, 0.25) is 0 Å². The molecular weight excluding hydrogens is 308 g/mol. The van der Waals surface area contributed by atoms with E-state index < -0.39 is 0 Å². The molecule has 132 valence electrons. The van der Waals surface area contributed by atoms with E-state index in [4.69, 9.17) is 4.74 Å². The molecule has 0 radical (unpaired) electrons. The maximum Gasteiger partial charge on any atom is 0.155 e. The van der Waals surface area contributed by atoms with Gasteiger partial charge in [0.1, 0.15) is 5.75 Å². The molecule has 0 bridgehead atoms. The van der Waals surface area contributed by atoms with Crippen LogP contribution >= 0.6 is 0 Å². The van der Waals surface area contributed by atoms with E-state index in [0.29, 0.717) is 17.6 Å². The van der Waals surface area contributed by atoms with Crippen molar-refractivity contribution in [2.24, 2.45) is 23.2 Å². The summed E-state index contributed by atoms with van der Waals surface area (Å²) in [5.41, 5.74) is 4.90. The Kier molecular flexibility index (Phi) is 3.42. The summed E-state index contributed by atoms with van der Waals surface area (Å²) in [7, 11) is 1.76. The SMILES string of the molecule is COc1ccc2c(c1)CC[C@@H]1[C@@H]2CC[C@]2(C)C3=CC(=O)CCC3C[C@@H]12. The van der Waals surface area contributed by atoms with Gasteiger partial charge in [-0.1, -0.05) is 18.6 Å². The van der Waals surface area contributed by atoms with Crippen LogP contribution in [0.3, 0.4) is 0 Å². The topological polar surface area (TPSA) is 26.3 Å². The second kappa shape index (κ2) is 5.46. The molecule has 5 rings (SSSR count). The van der Waals surface area contributed by atoms with Gasteiger partial charge in [-0.15, -0.1) is 0 Å². The number of fused-ring (bicyclic) bond motifs is 7. The monoisotopic (exact) mass is 336 g/mol. The smallest absolute Gasteiger partial charge is 0.155 e. The third-order valence-electron chi connectivity index (χ3n) is 8.02. The van der Waals surface area contributed by atoms with E-state index in [-0.39, 0.29) is 5.41 Å². The van der Waals surface area contributed by atoms with Gasteiger partial charge in [0, 0.05) is 6.42 Å². The summed E-state index contributed by atoms with van der Waals surface area (Å²) in [4.78, 5) is 12.0. The fraction of sp³-hybridized carbons (Fsp3) is 0.609. The number of ketones is 1. The Labute approximate surface area is 150 Å². The first-order valence-electron chi connectivity index (χ1n) is 10.0. The molecule has 0 amide bonds. The fourth-order valence-electron chi connectivity index (χ4n) is 6.82. The molecule has 1 aromatic carbocycles. The minimum Gasteiger partial charge on any atom is -0.497 e. The van der Waals surface area contributed by atoms with Crippen molar-refractivity contribution in [2.75, 3.05) is 7.11 Å². The Morgan fingerprint density at radius 1 is 1.16 bits per heavy atom. The van der Waals surface area contributed by atoms with Crippen LogP contribution in [-0.2, 0) is 11.2 Å². The highest BCUT2D eigenvalue weighted by molar-refractivity contribution is 5.91. The zero-order valence-electron chi connectivity index (χ0n) is 15.4. The first kappa shape index (κ1) is 15.7. The van der Waals surface area contributed by atoms with Crippen LogP contribution in [0.15, 0.2) is 29.8 Å². The molecule has 0 aliphatic heterocycles. The van der Waals surface area contributed by atoms with Gasteiger partial charge < -0.3 is 4.74 Å². The minimum absolute atomic E-state index is 0.284. The Morgan fingerprint density at radius 3 is 2.88 bits per heavy atom. The number of methoxy groups -OCH3 is 1. The molecule has 0 N–H and O–H groups in total. The number of ether oxygens (including phenoxy) is 1. The largest absolute Gasteiger partial charge is 0.497 e. The Balaban J connectivity index is 1.51. The highest BCUT2D eigenvalue weighted by atomic mass is 16.5. The zero-order chi connectivity index (χ0) is 17.2. The standard InChI is InChI=1S/C23H28O2/c1-23-10-9-19-18-8-6-17(25-2)11-14(18)4-7-20(19)22(23)12-15-3-5-16(24)13-21(15)23/h6,8,11,13,15,19-20,22H,3-5,7,9-10,12H2,1-2H3/t15?,19-,20-,22+,23-/m1/s1. The van der Waals surface area contributed by atoms with E-state index in [2.05, 4.69) is 31.2 Å². The van der Waals surface area contributed by atoms with Crippen LogP contribution in [0.25, 0.3) is 0 Å². The molecule has 1 aromatic rings. The lowest BCUT2D eigenvalue weighted by atomic mass is 9.55. The molecule has 0 heterocycles. The first-order valence-corrected chi connectivity index (χ1v) is 10.0. The van der Waals surface area contributed by atoms with Crippen LogP contribution < -0.4 is 4.74 Å². The van der Waals surface area contributed by atoms with Crippen LogP contribution in [0, 0.1) is 23.2 Å². The molecule has 0 spiro atoms. The van der Waals surface area contributed by atoms with Gasteiger partial charge in [0.15, 0.2) is 5.78 Å². The Hall–Kier alpha value is -1.57. The normalized spacial score (nSPS) is 39.0. The van der Waals surface area contributed by atoms with E-state index in [1.54, 1.807) is 12.7 Å². The molecule has 4 aliphatic carbocycles. The summed E-state index contributed by atoms with van der Waals surface area (Å²) in [6, 6.07) is 6.73. The predicted octanol–water partition coefficient (Wildman–Crippen LogP) is 5.07. The summed E-state index contributed by atoms with van der Waals surface area (Å²) in [5.74, 6) is 4.32. The summed E-state index contributed by atoms with van der Waals surface area (Å²) in [6.45, 7) is 2.47. The van der Waals surface area contributed by atoms with Crippen LogP contribution in [0.1, 0.15) is 62.5 Å². The van der Waals surface area contributed by atoms with E-state index in [9.17, 15) is 4.79 Å².